The molecule has 0 aliphatic heterocycles. The molecule has 1 aliphatic carbocycles. The highest BCUT2D eigenvalue weighted by atomic mass is 32.2. The maximum absolute atomic E-state index is 12.9. The lowest BCUT2D eigenvalue weighted by Crippen LogP contribution is -2.34. The van der Waals surface area contributed by atoms with Crippen molar-refractivity contribution in [2.45, 2.75) is 43.9 Å². The number of aromatic nitrogens is 1. The van der Waals surface area contributed by atoms with Crippen LogP contribution >= 0.6 is 0 Å². The number of benzene rings is 2. The fourth-order valence-corrected chi connectivity index (χ4v) is 5.71. The van der Waals surface area contributed by atoms with E-state index < -0.39 is 10.0 Å². The molecule has 2 N–H and O–H groups in total. The van der Waals surface area contributed by atoms with Crippen LogP contribution in [-0.2, 0) is 21.2 Å². The van der Waals surface area contributed by atoms with E-state index in [0.717, 1.165) is 48.7 Å². The number of carbonyl (C=O) groups excluding carboxylic acids is 1. The van der Waals surface area contributed by atoms with Gasteiger partial charge >= 0.3 is 0 Å². The van der Waals surface area contributed by atoms with Crippen LogP contribution in [0.15, 0.2) is 65.7 Å². The number of para-hydroxylation sites is 2. The van der Waals surface area contributed by atoms with Crippen LogP contribution in [0.4, 0.5) is 5.69 Å². The van der Waals surface area contributed by atoms with E-state index in [1.807, 2.05) is 36.4 Å². The zero-order chi connectivity index (χ0) is 22.6. The van der Waals surface area contributed by atoms with E-state index in [4.69, 9.17) is 0 Å². The Morgan fingerprint density at radius 1 is 1.00 bits per heavy atom. The first-order chi connectivity index (χ1) is 15.5. The summed E-state index contributed by atoms with van der Waals surface area (Å²) >= 11 is 0. The Balaban J connectivity index is 1.32. The number of nitrogens with zero attached hydrogens (tertiary/aromatic N) is 1. The van der Waals surface area contributed by atoms with E-state index in [0.29, 0.717) is 12.1 Å². The van der Waals surface area contributed by atoms with Gasteiger partial charge in [0.1, 0.15) is 4.90 Å². The van der Waals surface area contributed by atoms with Crippen molar-refractivity contribution >= 4 is 32.5 Å². The number of anilines is 1. The third-order valence-electron chi connectivity index (χ3n) is 6.32. The summed E-state index contributed by atoms with van der Waals surface area (Å²) in [7, 11) is -3.66. The Morgan fingerprint density at radius 2 is 1.75 bits per heavy atom. The number of aryl methyl sites for hydroxylation is 1. The van der Waals surface area contributed by atoms with Gasteiger partial charge < -0.3 is 5.32 Å². The molecular weight excluding hydrogens is 422 g/mol. The molecule has 2 aromatic carbocycles. The largest absolute Gasteiger partial charge is 0.326 e. The van der Waals surface area contributed by atoms with Crippen molar-refractivity contribution in [2.75, 3.05) is 11.9 Å². The molecule has 0 bridgehead atoms. The zero-order valence-electron chi connectivity index (χ0n) is 18.3. The van der Waals surface area contributed by atoms with Crippen molar-refractivity contribution in [3.8, 4) is 0 Å². The summed E-state index contributed by atoms with van der Waals surface area (Å²) in [6.45, 7) is 2.45. The molecule has 1 amide bonds. The summed E-state index contributed by atoms with van der Waals surface area (Å²) < 4.78 is 28.6. The summed E-state index contributed by atoms with van der Waals surface area (Å²) in [4.78, 5) is 17.2. The number of pyridine rings is 1. The molecular formula is C25H29N3O3S. The zero-order valence-corrected chi connectivity index (χ0v) is 19.1. The molecule has 0 atom stereocenters. The maximum atomic E-state index is 12.9. The smallest absolute Gasteiger partial charge is 0.242 e. The van der Waals surface area contributed by atoms with Gasteiger partial charge in [-0.3, -0.25) is 9.78 Å². The number of fused-ring (bicyclic) bond motifs is 1. The van der Waals surface area contributed by atoms with Gasteiger partial charge in [-0.05, 0) is 61.8 Å². The number of rotatable bonds is 7. The van der Waals surface area contributed by atoms with Gasteiger partial charge in [0.05, 0.1) is 5.52 Å². The molecule has 3 aromatic rings. The van der Waals surface area contributed by atoms with E-state index in [2.05, 4.69) is 21.9 Å². The van der Waals surface area contributed by atoms with E-state index in [1.54, 1.807) is 24.4 Å². The van der Waals surface area contributed by atoms with E-state index >= 15 is 0 Å². The molecule has 1 fully saturated rings. The standard InChI is InChI=1S/C25H29N3O3S/c1-2-19-7-3-4-10-22(19)28-25(29)21-14-12-18(13-15-21)17-27-32(30,31)23-11-5-8-20-9-6-16-26-24(20)23/h3-11,16,18,21,27H,2,12-15,17H2,1H3,(H,28,29). The van der Waals surface area contributed by atoms with Crippen LogP contribution in [0.2, 0.25) is 0 Å². The molecule has 7 heteroatoms. The van der Waals surface area contributed by atoms with E-state index in [9.17, 15) is 13.2 Å². The number of carbonyl (C=O) groups is 1. The maximum Gasteiger partial charge on any atom is 0.242 e. The molecule has 6 nitrogen and oxygen atoms in total. The number of sulfonamides is 1. The predicted octanol–water partition coefficient (Wildman–Crippen LogP) is 4.52. The monoisotopic (exact) mass is 451 g/mol. The highest BCUT2D eigenvalue weighted by Gasteiger charge is 2.28. The van der Waals surface area contributed by atoms with Crippen molar-refractivity contribution < 1.29 is 13.2 Å². The quantitative estimate of drug-likeness (QED) is 0.553. The second kappa shape index (κ2) is 9.79. The summed E-state index contributed by atoms with van der Waals surface area (Å²) in [5, 5.41) is 3.88. The first-order valence-electron chi connectivity index (χ1n) is 11.2. The van der Waals surface area contributed by atoms with Crippen molar-refractivity contribution in [2.24, 2.45) is 11.8 Å². The lowest BCUT2D eigenvalue weighted by Gasteiger charge is -2.28. The number of hydrogen-bond donors (Lipinski definition) is 2. The van der Waals surface area contributed by atoms with Crippen molar-refractivity contribution in [1.82, 2.24) is 9.71 Å². The molecule has 1 heterocycles. The van der Waals surface area contributed by atoms with Crippen molar-refractivity contribution in [1.29, 1.82) is 0 Å². The Hall–Kier alpha value is -2.77. The molecule has 1 aliphatic rings. The topological polar surface area (TPSA) is 88.2 Å². The Morgan fingerprint density at radius 3 is 2.53 bits per heavy atom. The highest BCUT2D eigenvalue weighted by Crippen LogP contribution is 2.30. The molecule has 0 unspecified atom stereocenters. The van der Waals surface area contributed by atoms with Gasteiger partial charge in [-0.25, -0.2) is 13.1 Å². The summed E-state index contributed by atoms with van der Waals surface area (Å²) in [5.41, 5.74) is 2.50. The normalized spacial score (nSPS) is 19.0. The van der Waals surface area contributed by atoms with Crippen molar-refractivity contribution in [3.63, 3.8) is 0 Å². The van der Waals surface area contributed by atoms with Crippen molar-refractivity contribution in [3.05, 3.63) is 66.4 Å². The van der Waals surface area contributed by atoms with Gasteiger partial charge in [0.2, 0.25) is 15.9 Å². The molecule has 4 rings (SSSR count). The second-order valence-corrected chi connectivity index (χ2v) is 10.1. The molecule has 32 heavy (non-hydrogen) atoms. The van der Waals surface area contributed by atoms with Crippen LogP contribution in [0.1, 0.15) is 38.2 Å². The second-order valence-electron chi connectivity index (χ2n) is 8.40. The Labute approximate surface area is 189 Å². The lowest BCUT2D eigenvalue weighted by atomic mass is 9.81. The average Bonchev–Trinajstić information content (AvgIpc) is 2.83. The molecule has 0 spiro atoms. The lowest BCUT2D eigenvalue weighted by molar-refractivity contribution is -0.121. The molecule has 1 saturated carbocycles. The molecule has 1 aromatic heterocycles. The molecule has 0 radical (unpaired) electrons. The minimum absolute atomic E-state index is 0.0324. The van der Waals surface area contributed by atoms with Gasteiger partial charge in [0.15, 0.2) is 0 Å². The Bertz CT molecular complexity index is 1200. The first-order valence-corrected chi connectivity index (χ1v) is 12.7. The minimum Gasteiger partial charge on any atom is -0.326 e. The predicted molar refractivity (Wildman–Crippen MR) is 127 cm³/mol. The van der Waals surface area contributed by atoms with Crippen LogP contribution in [0.25, 0.3) is 10.9 Å². The van der Waals surface area contributed by atoms with Crippen LogP contribution in [0.5, 0.6) is 0 Å². The third kappa shape index (κ3) is 5.00. The van der Waals surface area contributed by atoms with Crippen LogP contribution in [0, 0.1) is 11.8 Å². The molecule has 0 saturated heterocycles. The van der Waals surface area contributed by atoms with E-state index in [1.165, 1.54) is 0 Å². The van der Waals surface area contributed by atoms with Crippen LogP contribution < -0.4 is 10.0 Å². The number of nitrogens with one attached hydrogen (secondary N) is 2. The fourth-order valence-electron chi connectivity index (χ4n) is 4.41. The summed E-state index contributed by atoms with van der Waals surface area (Å²) in [6, 6.07) is 16.7. The first kappa shape index (κ1) is 22.4. The number of amides is 1. The van der Waals surface area contributed by atoms with Crippen LogP contribution in [0.3, 0.4) is 0 Å². The Kier molecular flexibility index (Phi) is 6.86. The average molecular weight is 452 g/mol. The minimum atomic E-state index is -3.66. The van der Waals surface area contributed by atoms with Gasteiger partial charge in [-0.15, -0.1) is 0 Å². The van der Waals surface area contributed by atoms with Gasteiger partial charge in [0.25, 0.3) is 0 Å². The SMILES string of the molecule is CCc1ccccc1NC(=O)C1CCC(CNS(=O)(=O)c2cccc3cccnc23)CC1. The summed E-state index contributed by atoms with van der Waals surface area (Å²) in [6.07, 6.45) is 5.65. The molecule has 168 valence electrons. The summed E-state index contributed by atoms with van der Waals surface area (Å²) in [5.74, 6) is 0.251. The number of hydrogen-bond acceptors (Lipinski definition) is 4. The fraction of sp³-hybridized carbons (Fsp3) is 0.360. The van der Waals surface area contributed by atoms with E-state index in [-0.39, 0.29) is 22.6 Å². The van der Waals surface area contributed by atoms with Gasteiger partial charge in [-0.1, -0.05) is 43.3 Å². The van der Waals surface area contributed by atoms with Gasteiger partial charge in [-0.2, -0.15) is 0 Å². The highest BCUT2D eigenvalue weighted by molar-refractivity contribution is 7.89. The van der Waals surface area contributed by atoms with Crippen LogP contribution in [-0.4, -0.2) is 25.9 Å². The van der Waals surface area contributed by atoms with Gasteiger partial charge in [0, 0.05) is 29.7 Å². The third-order valence-corrected chi connectivity index (χ3v) is 7.78.